The van der Waals surface area contributed by atoms with E-state index in [0.29, 0.717) is 24.1 Å². The lowest BCUT2D eigenvalue weighted by molar-refractivity contribution is -0.137. The van der Waals surface area contributed by atoms with Gasteiger partial charge >= 0.3 is 5.97 Å². The lowest BCUT2D eigenvalue weighted by Gasteiger charge is -2.07. The summed E-state index contributed by atoms with van der Waals surface area (Å²) in [5, 5.41) is 13.6. The Balaban J connectivity index is 2.26. The molecule has 1 aromatic carbocycles. The highest BCUT2D eigenvalue weighted by Crippen LogP contribution is 2.09. The number of hydrogen-bond donors (Lipinski definition) is 3. The molecular weight excluding hydrogens is 284 g/mol. The minimum atomic E-state index is -0.881. The lowest BCUT2D eigenvalue weighted by atomic mass is 10.2. The van der Waals surface area contributed by atoms with Gasteiger partial charge in [-0.25, -0.2) is 0 Å². The molecule has 0 bridgehead atoms. The Morgan fingerprint density at radius 1 is 1.14 bits per heavy atom. The van der Waals surface area contributed by atoms with Crippen molar-refractivity contribution in [1.29, 1.82) is 0 Å². The Kier molecular flexibility index (Phi) is 7.20. The summed E-state index contributed by atoms with van der Waals surface area (Å²) in [6.45, 7) is -0.141. The molecule has 0 fully saturated rings. The number of benzene rings is 1. The molecule has 0 aliphatic heterocycles. The van der Waals surface area contributed by atoms with Gasteiger partial charge in [0.25, 0.3) is 0 Å². The van der Waals surface area contributed by atoms with Gasteiger partial charge in [0.2, 0.25) is 11.8 Å². The van der Waals surface area contributed by atoms with Crippen molar-refractivity contribution in [3.05, 3.63) is 29.8 Å². The number of carbonyl (C=O) groups excluding carboxylic acids is 2. The number of terminal acetylenes is 1. The molecule has 0 saturated carbocycles. The Morgan fingerprint density at radius 3 is 2.55 bits per heavy atom. The quantitative estimate of drug-likeness (QED) is 0.499. The van der Waals surface area contributed by atoms with Gasteiger partial charge in [-0.1, -0.05) is 12.0 Å². The van der Waals surface area contributed by atoms with Crippen LogP contribution in [0.3, 0.4) is 0 Å². The van der Waals surface area contributed by atoms with Gasteiger partial charge in [-0.05, 0) is 31.0 Å². The molecular formula is C16H18N2O4. The molecule has 6 heteroatoms. The van der Waals surface area contributed by atoms with Crippen LogP contribution in [0.25, 0.3) is 0 Å². The molecule has 0 unspecified atom stereocenters. The number of unbranched alkanes of at least 4 members (excludes halogenated alkanes) is 1. The zero-order valence-corrected chi connectivity index (χ0v) is 12.1. The molecule has 1 aromatic rings. The van der Waals surface area contributed by atoms with Crippen molar-refractivity contribution in [1.82, 2.24) is 5.32 Å². The molecule has 0 spiro atoms. The van der Waals surface area contributed by atoms with E-state index in [0.717, 1.165) is 0 Å². The van der Waals surface area contributed by atoms with E-state index in [1.807, 2.05) is 0 Å². The van der Waals surface area contributed by atoms with E-state index < -0.39 is 5.97 Å². The first kappa shape index (κ1) is 17.2. The summed E-state index contributed by atoms with van der Waals surface area (Å²) in [6.07, 6.45) is 6.43. The maximum atomic E-state index is 11.7. The summed E-state index contributed by atoms with van der Waals surface area (Å²) in [7, 11) is 0. The summed E-state index contributed by atoms with van der Waals surface area (Å²) >= 11 is 0. The summed E-state index contributed by atoms with van der Waals surface area (Å²) in [4.78, 5) is 33.5. The fraction of sp³-hybridized carbons (Fsp3) is 0.312. The third kappa shape index (κ3) is 7.10. The third-order valence-electron chi connectivity index (χ3n) is 2.80. The van der Waals surface area contributed by atoms with E-state index in [-0.39, 0.29) is 31.2 Å². The molecule has 0 radical (unpaired) electrons. The first-order chi connectivity index (χ1) is 10.5. The molecule has 1 rings (SSSR count). The van der Waals surface area contributed by atoms with E-state index in [9.17, 15) is 14.4 Å². The molecule has 116 valence electrons. The molecule has 0 heterocycles. The SMILES string of the molecule is C#Cc1cccc(NC(=O)CNC(=O)CCCCC(=O)O)c1. The standard InChI is InChI=1S/C16H18N2O4/c1-2-12-6-5-7-13(10-12)18-15(20)11-17-14(19)8-3-4-9-16(21)22/h1,5-7,10H,3-4,8-9,11H2,(H,17,19)(H,18,20)(H,21,22). The van der Waals surface area contributed by atoms with Crippen molar-refractivity contribution in [2.75, 3.05) is 11.9 Å². The van der Waals surface area contributed by atoms with Gasteiger partial charge in [-0.3, -0.25) is 14.4 Å². The number of amides is 2. The van der Waals surface area contributed by atoms with Crippen molar-refractivity contribution in [3.8, 4) is 12.3 Å². The number of rotatable bonds is 8. The molecule has 0 aromatic heterocycles. The van der Waals surface area contributed by atoms with Crippen LogP contribution in [0.15, 0.2) is 24.3 Å². The molecule has 22 heavy (non-hydrogen) atoms. The summed E-state index contributed by atoms with van der Waals surface area (Å²) in [5.41, 5.74) is 1.22. The highest BCUT2D eigenvalue weighted by molar-refractivity contribution is 5.94. The molecule has 6 nitrogen and oxygen atoms in total. The fourth-order valence-electron chi connectivity index (χ4n) is 1.72. The second-order valence-electron chi connectivity index (χ2n) is 4.65. The number of carboxylic acid groups (broad SMARTS) is 1. The second kappa shape index (κ2) is 9.19. The van der Waals surface area contributed by atoms with E-state index in [1.165, 1.54) is 0 Å². The Bertz CT molecular complexity index is 590. The van der Waals surface area contributed by atoms with Gasteiger partial charge in [-0.15, -0.1) is 6.42 Å². The average Bonchev–Trinajstić information content (AvgIpc) is 2.49. The topological polar surface area (TPSA) is 95.5 Å². The fourth-order valence-corrected chi connectivity index (χ4v) is 1.72. The Hall–Kier alpha value is -2.81. The first-order valence-electron chi connectivity index (χ1n) is 6.86. The summed E-state index contributed by atoms with van der Waals surface area (Å²) in [5.74, 6) is 0.951. The van der Waals surface area contributed by atoms with Gasteiger partial charge in [0, 0.05) is 24.1 Å². The van der Waals surface area contributed by atoms with Crippen LogP contribution in [0, 0.1) is 12.3 Å². The van der Waals surface area contributed by atoms with Crippen molar-refractivity contribution < 1.29 is 19.5 Å². The van der Waals surface area contributed by atoms with E-state index in [1.54, 1.807) is 24.3 Å². The van der Waals surface area contributed by atoms with Crippen LogP contribution in [0.4, 0.5) is 5.69 Å². The van der Waals surface area contributed by atoms with Crippen LogP contribution < -0.4 is 10.6 Å². The molecule has 0 saturated heterocycles. The largest absolute Gasteiger partial charge is 0.481 e. The summed E-state index contributed by atoms with van der Waals surface area (Å²) in [6, 6.07) is 6.83. The maximum Gasteiger partial charge on any atom is 0.303 e. The maximum absolute atomic E-state index is 11.7. The number of anilines is 1. The molecule has 0 aliphatic rings. The zero-order chi connectivity index (χ0) is 16.4. The number of carbonyl (C=O) groups is 3. The molecule has 0 aliphatic carbocycles. The Labute approximate surface area is 128 Å². The summed E-state index contributed by atoms with van der Waals surface area (Å²) < 4.78 is 0. The van der Waals surface area contributed by atoms with Crippen LogP contribution in [-0.4, -0.2) is 29.4 Å². The minimum absolute atomic E-state index is 0.0410. The van der Waals surface area contributed by atoms with Gasteiger partial charge in [0.1, 0.15) is 0 Å². The highest BCUT2D eigenvalue weighted by Gasteiger charge is 2.06. The Morgan fingerprint density at radius 2 is 1.86 bits per heavy atom. The van der Waals surface area contributed by atoms with Gasteiger partial charge < -0.3 is 15.7 Å². The van der Waals surface area contributed by atoms with E-state index in [2.05, 4.69) is 16.6 Å². The zero-order valence-electron chi connectivity index (χ0n) is 12.1. The third-order valence-corrected chi connectivity index (χ3v) is 2.80. The van der Waals surface area contributed by atoms with Crippen molar-refractivity contribution in [3.63, 3.8) is 0 Å². The molecule has 0 atom stereocenters. The van der Waals surface area contributed by atoms with Crippen LogP contribution >= 0.6 is 0 Å². The first-order valence-corrected chi connectivity index (χ1v) is 6.86. The number of nitrogens with one attached hydrogen (secondary N) is 2. The minimum Gasteiger partial charge on any atom is -0.481 e. The predicted molar refractivity (Wildman–Crippen MR) is 82.1 cm³/mol. The van der Waals surface area contributed by atoms with Gasteiger partial charge in [0.15, 0.2) is 0 Å². The van der Waals surface area contributed by atoms with E-state index in [4.69, 9.17) is 11.5 Å². The highest BCUT2D eigenvalue weighted by atomic mass is 16.4. The number of carboxylic acids is 1. The smallest absolute Gasteiger partial charge is 0.303 e. The normalized spacial score (nSPS) is 9.59. The monoisotopic (exact) mass is 302 g/mol. The van der Waals surface area contributed by atoms with Crippen LogP contribution in [0.2, 0.25) is 0 Å². The van der Waals surface area contributed by atoms with Crippen LogP contribution in [-0.2, 0) is 14.4 Å². The predicted octanol–water partition coefficient (Wildman–Crippen LogP) is 1.37. The van der Waals surface area contributed by atoms with Crippen molar-refractivity contribution in [2.45, 2.75) is 25.7 Å². The molecule has 2 amide bonds. The van der Waals surface area contributed by atoms with Gasteiger partial charge in [0.05, 0.1) is 6.54 Å². The average molecular weight is 302 g/mol. The number of hydrogen-bond acceptors (Lipinski definition) is 3. The van der Waals surface area contributed by atoms with Crippen LogP contribution in [0.1, 0.15) is 31.2 Å². The number of aliphatic carboxylic acids is 1. The van der Waals surface area contributed by atoms with Crippen LogP contribution in [0.5, 0.6) is 0 Å². The second-order valence-corrected chi connectivity index (χ2v) is 4.65. The lowest BCUT2D eigenvalue weighted by Crippen LogP contribution is -2.32. The van der Waals surface area contributed by atoms with Crippen molar-refractivity contribution in [2.24, 2.45) is 0 Å². The molecule has 3 N–H and O–H groups in total. The van der Waals surface area contributed by atoms with E-state index >= 15 is 0 Å². The van der Waals surface area contributed by atoms with Crippen molar-refractivity contribution >= 4 is 23.5 Å². The van der Waals surface area contributed by atoms with Gasteiger partial charge in [-0.2, -0.15) is 0 Å².